The topological polar surface area (TPSA) is 25.8 Å². The molecule has 0 spiro atoms. The first-order valence-electron chi connectivity index (χ1n) is 16.6. The van der Waals surface area contributed by atoms with E-state index in [0.29, 0.717) is 0 Å². The number of rotatable bonds is 7. The van der Waals surface area contributed by atoms with Crippen molar-refractivity contribution in [1.29, 1.82) is 0 Å². The zero-order valence-electron chi connectivity index (χ0n) is 27.3. The van der Waals surface area contributed by atoms with E-state index >= 15 is 0 Å². The summed E-state index contributed by atoms with van der Waals surface area (Å²) in [7, 11) is 0. The van der Waals surface area contributed by atoms with Crippen LogP contribution in [0.4, 0.5) is 0 Å². The second-order valence-corrected chi connectivity index (χ2v) is 12.3. The lowest BCUT2D eigenvalue weighted by Crippen LogP contribution is -1.95. The lowest BCUT2D eigenvalue weighted by molar-refractivity contribution is 1.06. The number of hydrogen-bond acceptors (Lipinski definition) is 2. The zero-order valence-corrected chi connectivity index (χ0v) is 27.3. The molecule has 0 unspecified atom stereocenters. The summed E-state index contributed by atoms with van der Waals surface area (Å²) in [5.74, 6) is 0.752. The lowest BCUT2D eigenvalue weighted by atomic mass is 9.95. The number of aromatic nitrogens is 2. The Kier molecular flexibility index (Phi) is 8.19. The van der Waals surface area contributed by atoms with E-state index in [-0.39, 0.29) is 0 Å². The van der Waals surface area contributed by atoms with E-state index in [0.717, 1.165) is 28.3 Å². The fourth-order valence-electron chi connectivity index (χ4n) is 6.43. The van der Waals surface area contributed by atoms with Gasteiger partial charge in [-0.15, -0.1) is 0 Å². The summed E-state index contributed by atoms with van der Waals surface area (Å²) in [6, 6.07) is 66.7. The van der Waals surface area contributed by atoms with Gasteiger partial charge in [-0.1, -0.05) is 164 Å². The van der Waals surface area contributed by atoms with Crippen LogP contribution >= 0.6 is 0 Å². The Balaban J connectivity index is 1.03. The first-order valence-corrected chi connectivity index (χ1v) is 16.6. The minimum absolute atomic E-state index is 0.752. The van der Waals surface area contributed by atoms with Crippen molar-refractivity contribution in [2.24, 2.45) is 0 Å². The maximum absolute atomic E-state index is 4.81. The standard InChI is InChI=1S/C47H34N2/c1-33-48-46(38-25-21-36(22-26-38)42-17-8-15-40(29-42)34-11-4-2-5-12-34)32-47(49-33)39-27-23-37(24-28-39)43-18-10-20-45(31-43)44-19-9-16-41(30-44)35-13-6-3-7-14-35/h2-32H,1H3. The summed E-state index contributed by atoms with van der Waals surface area (Å²) in [5, 5.41) is 0. The molecule has 0 fully saturated rings. The van der Waals surface area contributed by atoms with Crippen LogP contribution in [0.15, 0.2) is 188 Å². The molecule has 0 saturated carbocycles. The smallest absolute Gasteiger partial charge is 0.126 e. The van der Waals surface area contributed by atoms with Crippen molar-refractivity contribution in [3.05, 3.63) is 194 Å². The fourth-order valence-corrected chi connectivity index (χ4v) is 6.43. The van der Waals surface area contributed by atoms with E-state index < -0.39 is 0 Å². The molecular formula is C47H34N2. The van der Waals surface area contributed by atoms with Gasteiger partial charge in [-0.25, -0.2) is 9.97 Å². The van der Waals surface area contributed by atoms with Crippen LogP contribution in [0.2, 0.25) is 0 Å². The van der Waals surface area contributed by atoms with E-state index in [1.165, 1.54) is 55.6 Å². The van der Waals surface area contributed by atoms with Gasteiger partial charge in [0.1, 0.15) is 5.82 Å². The van der Waals surface area contributed by atoms with Crippen LogP contribution < -0.4 is 0 Å². The largest absolute Gasteiger partial charge is 0.233 e. The van der Waals surface area contributed by atoms with Crippen LogP contribution in [0.25, 0.3) is 78.1 Å². The Hall–Kier alpha value is -6.38. The number of hydrogen-bond donors (Lipinski definition) is 0. The summed E-state index contributed by atoms with van der Waals surface area (Å²) in [4.78, 5) is 9.62. The Morgan fingerprint density at radius 3 is 0.857 bits per heavy atom. The third kappa shape index (κ3) is 6.58. The third-order valence-corrected chi connectivity index (χ3v) is 9.00. The van der Waals surface area contributed by atoms with Gasteiger partial charge < -0.3 is 0 Å². The summed E-state index contributed by atoms with van der Waals surface area (Å²) in [5.41, 5.74) is 16.0. The fraction of sp³-hybridized carbons (Fsp3) is 0.0213. The Labute approximate surface area is 288 Å². The molecule has 1 heterocycles. The van der Waals surface area contributed by atoms with Crippen molar-refractivity contribution >= 4 is 0 Å². The van der Waals surface area contributed by atoms with Gasteiger partial charge in [0.15, 0.2) is 0 Å². The highest BCUT2D eigenvalue weighted by molar-refractivity contribution is 5.79. The Bertz CT molecular complexity index is 2360. The monoisotopic (exact) mass is 626 g/mol. The molecule has 0 saturated heterocycles. The van der Waals surface area contributed by atoms with Crippen LogP contribution in [-0.2, 0) is 0 Å². The number of benzene rings is 7. The van der Waals surface area contributed by atoms with Gasteiger partial charge in [-0.05, 0) is 86.8 Å². The van der Waals surface area contributed by atoms with Gasteiger partial charge in [-0.3, -0.25) is 0 Å². The highest BCUT2D eigenvalue weighted by Gasteiger charge is 2.10. The molecule has 0 N–H and O–H groups in total. The molecule has 8 rings (SSSR count). The highest BCUT2D eigenvalue weighted by Crippen LogP contribution is 2.32. The van der Waals surface area contributed by atoms with Crippen molar-refractivity contribution in [3.63, 3.8) is 0 Å². The van der Waals surface area contributed by atoms with E-state index in [1.54, 1.807) is 0 Å². The minimum Gasteiger partial charge on any atom is -0.233 e. The van der Waals surface area contributed by atoms with Gasteiger partial charge in [0.25, 0.3) is 0 Å². The number of aryl methyl sites for hydroxylation is 1. The SMILES string of the molecule is Cc1nc(-c2ccc(-c3cccc(-c4ccccc4)c3)cc2)cc(-c2ccc(-c3cccc(-c4cccc(-c5ccccc5)c4)c3)cc2)n1. The maximum Gasteiger partial charge on any atom is 0.126 e. The summed E-state index contributed by atoms with van der Waals surface area (Å²) in [6.07, 6.45) is 0. The second-order valence-electron chi connectivity index (χ2n) is 12.3. The van der Waals surface area contributed by atoms with Crippen LogP contribution in [-0.4, -0.2) is 9.97 Å². The molecule has 0 aliphatic rings. The Morgan fingerprint density at radius 1 is 0.245 bits per heavy atom. The van der Waals surface area contributed by atoms with Gasteiger partial charge >= 0.3 is 0 Å². The molecule has 49 heavy (non-hydrogen) atoms. The normalized spacial score (nSPS) is 11.0. The van der Waals surface area contributed by atoms with Gasteiger partial charge in [0.05, 0.1) is 11.4 Å². The molecule has 232 valence electrons. The average molecular weight is 627 g/mol. The van der Waals surface area contributed by atoms with Gasteiger partial charge in [0, 0.05) is 11.1 Å². The van der Waals surface area contributed by atoms with Crippen LogP contribution in [0, 0.1) is 6.92 Å². The molecular weight excluding hydrogens is 593 g/mol. The zero-order chi connectivity index (χ0) is 33.0. The maximum atomic E-state index is 4.81. The molecule has 7 aromatic carbocycles. The Morgan fingerprint density at radius 2 is 0.510 bits per heavy atom. The molecule has 8 aromatic rings. The van der Waals surface area contributed by atoms with E-state index in [4.69, 9.17) is 9.97 Å². The first-order chi connectivity index (χ1) is 24.2. The first kappa shape index (κ1) is 30.0. The molecule has 1 aromatic heterocycles. The molecule has 0 atom stereocenters. The van der Waals surface area contributed by atoms with Crippen LogP contribution in [0.5, 0.6) is 0 Å². The summed E-state index contributed by atoms with van der Waals surface area (Å²) in [6.45, 7) is 1.96. The van der Waals surface area contributed by atoms with Gasteiger partial charge in [-0.2, -0.15) is 0 Å². The van der Waals surface area contributed by atoms with Crippen molar-refractivity contribution < 1.29 is 0 Å². The molecule has 2 heteroatoms. The number of nitrogens with zero attached hydrogens (tertiary/aromatic N) is 2. The average Bonchev–Trinajstić information content (AvgIpc) is 3.19. The molecule has 0 bridgehead atoms. The molecule has 0 amide bonds. The minimum atomic E-state index is 0.752. The molecule has 2 nitrogen and oxygen atoms in total. The summed E-state index contributed by atoms with van der Waals surface area (Å²) < 4.78 is 0. The lowest BCUT2D eigenvalue weighted by Gasteiger charge is -2.10. The van der Waals surface area contributed by atoms with Crippen molar-refractivity contribution in [1.82, 2.24) is 9.97 Å². The van der Waals surface area contributed by atoms with Crippen LogP contribution in [0.1, 0.15) is 5.82 Å². The molecule has 0 radical (unpaired) electrons. The van der Waals surface area contributed by atoms with E-state index in [9.17, 15) is 0 Å². The second kappa shape index (κ2) is 13.4. The van der Waals surface area contributed by atoms with Crippen LogP contribution in [0.3, 0.4) is 0 Å². The quantitative estimate of drug-likeness (QED) is 0.176. The molecule has 0 aliphatic carbocycles. The molecule has 0 aliphatic heterocycles. The van der Waals surface area contributed by atoms with E-state index in [1.807, 2.05) is 6.92 Å². The predicted octanol–water partition coefficient (Wildman–Crippen LogP) is 12.5. The van der Waals surface area contributed by atoms with Crippen molar-refractivity contribution in [2.45, 2.75) is 6.92 Å². The predicted molar refractivity (Wildman–Crippen MR) is 205 cm³/mol. The highest BCUT2D eigenvalue weighted by atomic mass is 14.9. The third-order valence-electron chi connectivity index (χ3n) is 9.00. The van der Waals surface area contributed by atoms with Crippen molar-refractivity contribution in [3.8, 4) is 78.1 Å². The summed E-state index contributed by atoms with van der Waals surface area (Å²) >= 11 is 0. The van der Waals surface area contributed by atoms with Crippen molar-refractivity contribution in [2.75, 3.05) is 0 Å². The van der Waals surface area contributed by atoms with Gasteiger partial charge in [0.2, 0.25) is 0 Å². The van der Waals surface area contributed by atoms with E-state index in [2.05, 4.69) is 188 Å².